The fourth-order valence-electron chi connectivity index (χ4n) is 1.22. The second kappa shape index (κ2) is 2.51. The highest BCUT2D eigenvalue weighted by atomic mass is 32.2. The van der Waals surface area contributed by atoms with Gasteiger partial charge in [-0.25, -0.2) is 0 Å². The zero-order valence-corrected chi connectivity index (χ0v) is 7.90. The normalized spacial score (nSPS) is 55.2. The van der Waals surface area contributed by atoms with Crippen LogP contribution in [-0.2, 0) is 0 Å². The van der Waals surface area contributed by atoms with Crippen molar-refractivity contribution < 1.29 is 5.48 Å². The molecule has 0 aromatic carbocycles. The van der Waals surface area contributed by atoms with Gasteiger partial charge < -0.3 is 5.48 Å². The Bertz CT molecular complexity index is 128. The van der Waals surface area contributed by atoms with E-state index in [2.05, 4.69) is 35.3 Å². The SMILES string of the molecule is C1SC1C1SC1C1CS1.O. The summed E-state index contributed by atoms with van der Waals surface area (Å²) >= 11 is 6.55. The summed E-state index contributed by atoms with van der Waals surface area (Å²) in [5.41, 5.74) is 0. The first-order valence-electron chi connectivity index (χ1n) is 3.34. The van der Waals surface area contributed by atoms with Crippen molar-refractivity contribution in [1.82, 2.24) is 0 Å². The van der Waals surface area contributed by atoms with Crippen LogP contribution in [0.5, 0.6) is 0 Å². The second-order valence-electron chi connectivity index (χ2n) is 2.81. The maximum Gasteiger partial charge on any atom is 0.0308 e. The van der Waals surface area contributed by atoms with E-state index in [1.807, 2.05) is 0 Å². The molecule has 0 bridgehead atoms. The highest BCUT2D eigenvalue weighted by molar-refractivity contribution is 8.14. The van der Waals surface area contributed by atoms with Crippen LogP contribution < -0.4 is 0 Å². The predicted octanol–water partition coefficient (Wildman–Crippen LogP) is 0.876. The van der Waals surface area contributed by atoms with E-state index in [0.717, 1.165) is 21.0 Å². The second-order valence-corrected chi connectivity index (χ2v) is 6.71. The van der Waals surface area contributed by atoms with Crippen LogP contribution in [0.2, 0.25) is 0 Å². The summed E-state index contributed by atoms with van der Waals surface area (Å²) in [4.78, 5) is 0. The van der Waals surface area contributed by atoms with Crippen LogP contribution in [0.1, 0.15) is 0 Å². The van der Waals surface area contributed by atoms with Crippen LogP contribution >= 0.6 is 35.3 Å². The Hall–Kier alpha value is 1.01. The molecule has 3 rings (SSSR count). The van der Waals surface area contributed by atoms with Crippen molar-refractivity contribution in [2.75, 3.05) is 11.5 Å². The van der Waals surface area contributed by atoms with Gasteiger partial charge in [-0.1, -0.05) is 0 Å². The van der Waals surface area contributed by atoms with E-state index in [9.17, 15) is 0 Å². The van der Waals surface area contributed by atoms with Crippen molar-refractivity contribution in [3.05, 3.63) is 0 Å². The minimum atomic E-state index is 0. The van der Waals surface area contributed by atoms with Crippen LogP contribution in [0.15, 0.2) is 0 Å². The number of hydrogen-bond donors (Lipinski definition) is 0. The van der Waals surface area contributed by atoms with Crippen LogP contribution in [-0.4, -0.2) is 38.0 Å². The third-order valence-electron chi connectivity index (χ3n) is 2.01. The van der Waals surface area contributed by atoms with Gasteiger partial charge in [0.25, 0.3) is 0 Å². The molecule has 0 aromatic rings. The van der Waals surface area contributed by atoms with E-state index in [1.165, 1.54) is 11.5 Å². The number of hydrogen-bond acceptors (Lipinski definition) is 3. The van der Waals surface area contributed by atoms with E-state index < -0.39 is 0 Å². The van der Waals surface area contributed by atoms with Crippen molar-refractivity contribution in [2.45, 2.75) is 21.0 Å². The molecule has 0 aromatic heterocycles. The van der Waals surface area contributed by atoms with Gasteiger partial charge in [0.05, 0.1) is 0 Å². The smallest absolute Gasteiger partial charge is 0.0308 e. The maximum atomic E-state index is 2.24. The molecule has 0 saturated carbocycles. The third-order valence-corrected chi connectivity index (χ3v) is 5.94. The van der Waals surface area contributed by atoms with E-state index >= 15 is 0 Å². The van der Waals surface area contributed by atoms with Gasteiger partial charge in [-0.2, -0.15) is 35.3 Å². The average Bonchev–Trinajstić information content (AvgIpc) is 2.67. The standard InChI is InChI=1S/C6H8S3.H2O/c1-3(7-1)5-6(9-5)4-2-8-4;/h3-6H,1-2H2;1H2. The van der Waals surface area contributed by atoms with Crippen molar-refractivity contribution in [3.63, 3.8) is 0 Å². The zero-order valence-electron chi connectivity index (χ0n) is 5.45. The Morgan fingerprint density at radius 2 is 1.30 bits per heavy atom. The predicted molar refractivity (Wildman–Crippen MR) is 51.3 cm³/mol. The van der Waals surface area contributed by atoms with Crippen LogP contribution in [0, 0.1) is 0 Å². The van der Waals surface area contributed by atoms with Gasteiger partial charge in [-0.3, -0.25) is 0 Å². The Labute approximate surface area is 73.4 Å². The molecule has 0 spiro atoms. The van der Waals surface area contributed by atoms with E-state index in [1.54, 1.807) is 0 Å². The molecule has 10 heavy (non-hydrogen) atoms. The zero-order chi connectivity index (χ0) is 5.84. The highest BCUT2D eigenvalue weighted by Gasteiger charge is 2.55. The Morgan fingerprint density at radius 3 is 1.60 bits per heavy atom. The lowest BCUT2D eigenvalue weighted by atomic mass is 10.2. The van der Waals surface area contributed by atoms with Crippen LogP contribution in [0.4, 0.5) is 0 Å². The summed E-state index contributed by atoms with van der Waals surface area (Å²) in [6.45, 7) is 0. The fraction of sp³-hybridized carbons (Fsp3) is 1.00. The molecule has 4 heteroatoms. The lowest BCUT2D eigenvalue weighted by Crippen LogP contribution is -2.04. The minimum Gasteiger partial charge on any atom is -0.412 e. The molecule has 0 aliphatic carbocycles. The third kappa shape index (κ3) is 1.31. The van der Waals surface area contributed by atoms with Gasteiger partial charge in [0.1, 0.15) is 0 Å². The summed E-state index contributed by atoms with van der Waals surface area (Å²) in [5.74, 6) is 2.93. The molecule has 58 valence electrons. The van der Waals surface area contributed by atoms with Crippen molar-refractivity contribution in [1.29, 1.82) is 0 Å². The first kappa shape index (κ1) is 7.65. The summed E-state index contributed by atoms with van der Waals surface area (Å²) in [6.07, 6.45) is 0. The molecule has 0 radical (unpaired) electrons. The molecule has 4 unspecified atom stereocenters. The monoisotopic (exact) mass is 194 g/mol. The van der Waals surface area contributed by atoms with Crippen LogP contribution in [0.25, 0.3) is 0 Å². The van der Waals surface area contributed by atoms with Gasteiger partial charge in [-0.15, -0.1) is 0 Å². The minimum absolute atomic E-state index is 0. The van der Waals surface area contributed by atoms with Crippen molar-refractivity contribution >= 4 is 35.3 Å². The Balaban J connectivity index is 0.000000403. The Kier molecular flexibility index (Phi) is 1.92. The summed E-state index contributed by atoms with van der Waals surface area (Å²) in [5, 5.41) is 4.35. The summed E-state index contributed by atoms with van der Waals surface area (Å²) in [7, 11) is 0. The van der Waals surface area contributed by atoms with E-state index in [4.69, 9.17) is 0 Å². The van der Waals surface area contributed by atoms with Gasteiger partial charge in [0, 0.05) is 32.5 Å². The van der Waals surface area contributed by atoms with Gasteiger partial charge in [-0.05, 0) is 0 Å². The van der Waals surface area contributed by atoms with Crippen LogP contribution in [0.3, 0.4) is 0 Å². The molecule has 0 amide bonds. The van der Waals surface area contributed by atoms with E-state index in [-0.39, 0.29) is 5.48 Å². The molecular weight excluding hydrogens is 184 g/mol. The topological polar surface area (TPSA) is 31.5 Å². The number of thioether (sulfide) groups is 3. The lowest BCUT2D eigenvalue weighted by molar-refractivity contribution is 0.824. The molecular formula is C6H10OS3. The number of rotatable bonds is 2. The van der Waals surface area contributed by atoms with Gasteiger partial charge in [0.2, 0.25) is 0 Å². The molecule has 2 N–H and O–H groups in total. The van der Waals surface area contributed by atoms with Gasteiger partial charge >= 0.3 is 0 Å². The first-order valence-corrected chi connectivity index (χ1v) is 6.38. The molecule has 3 fully saturated rings. The quantitative estimate of drug-likeness (QED) is 0.612. The molecule has 3 heterocycles. The fourth-order valence-corrected chi connectivity index (χ4v) is 5.07. The molecule has 1 nitrogen and oxygen atoms in total. The molecule has 3 aliphatic heterocycles. The maximum absolute atomic E-state index is 2.24. The highest BCUT2D eigenvalue weighted by Crippen LogP contribution is 2.60. The molecule has 4 atom stereocenters. The molecule has 3 saturated heterocycles. The largest absolute Gasteiger partial charge is 0.412 e. The Morgan fingerprint density at radius 1 is 0.900 bits per heavy atom. The summed E-state index contributed by atoms with van der Waals surface area (Å²) in [6, 6.07) is 0. The molecule has 3 aliphatic rings. The summed E-state index contributed by atoms with van der Waals surface area (Å²) < 4.78 is 0. The average molecular weight is 194 g/mol. The lowest BCUT2D eigenvalue weighted by Gasteiger charge is -1.84. The van der Waals surface area contributed by atoms with E-state index in [0.29, 0.717) is 0 Å². The van der Waals surface area contributed by atoms with Gasteiger partial charge in [0.15, 0.2) is 0 Å². The first-order chi connectivity index (χ1) is 4.45. The van der Waals surface area contributed by atoms with Crippen molar-refractivity contribution in [2.24, 2.45) is 0 Å². The van der Waals surface area contributed by atoms with Crippen molar-refractivity contribution in [3.8, 4) is 0 Å².